The van der Waals surface area contributed by atoms with E-state index in [1.807, 2.05) is 24.3 Å². The Hall–Kier alpha value is -2.61. The van der Waals surface area contributed by atoms with Crippen molar-refractivity contribution < 1.29 is 4.79 Å². The number of benzene rings is 3. The fraction of sp³-hybridized carbons (Fsp3) is 0.150. The van der Waals surface area contributed by atoms with Gasteiger partial charge in [-0.3, -0.25) is 4.79 Å². The first kappa shape index (κ1) is 14.3. The Bertz CT molecular complexity index is 807. The molecular weight excluding hydrogens is 270 g/mol. The first-order valence-electron chi connectivity index (χ1n) is 7.55. The standard InChI is InChI=1S/C20H19NO/c1-21-20(22)19-9-5-4-7-17(19)13-11-15-10-12-16-6-2-3-8-18(16)14-15/h2-10,12,14H,11,13H2,1H3,(H,21,22). The topological polar surface area (TPSA) is 29.1 Å². The van der Waals surface area contributed by atoms with Crippen LogP contribution < -0.4 is 5.32 Å². The van der Waals surface area contributed by atoms with Gasteiger partial charge in [0.2, 0.25) is 0 Å². The van der Waals surface area contributed by atoms with E-state index in [4.69, 9.17) is 0 Å². The van der Waals surface area contributed by atoms with Crippen molar-refractivity contribution in [2.45, 2.75) is 12.8 Å². The molecule has 3 aromatic carbocycles. The summed E-state index contributed by atoms with van der Waals surface area (Å²) in [7, 11) is 1.67. The lowest BCUT2D eigenvalue weighted by molar-refractivity contribution is 0.0962. The molecule has 2 nitrogen and oxygen atoms in total. The van der Waals surface area contributed by atoms with Crippen LogP contribution in [-0.4, -0.2) is 13.0 Å². The molecule has 0 heterocycles. The molecule has 1 N–H and O–H groups in total. The number of carbonyl (C=O) groups is 1. The highest BCUT2D eigenvalue weighted by Crippen LogP contribution is 2.18. The van der Waals surface area contributed by atoms with Gasteiger partial charge in [0.25, 0.3) is 5.91 Å². The lowest BCUT2D eigenvalue weighted by atomic mass is 9.98. The predicted octanol–water partition coefficient (Wildman–Crippen LogP) is 3.98. The second-order valence-electron chi connectivity index (χ2n) is 5.42. The van der Waals surface area contributed by atoms with Crippen LogP contribution in [-0.2, 0) is 12.8 Å². The Morgan fingerprint density at radius 1 is 0.864 bits per heavy atom. The normalized spacial score (nSPS) is 10.6. The van der Waals surface area contributed by atoms with Crippen molar-refractivity contribution in [3.05, 3.63) is 83.4 Å². The molecular formula is C20H19NO. The average Bonchev–Trinajstić information content (AvgIpc) is 2.59. The van der Waals surface area contributed by atoms with Crippen molar-refractivity contribution in [1.82, 2.24) is 5.32 Å². The zero-order valence-corrected chi connectivity index (χ0v) is 12.7. The highest BCUT2D eigenvalue weighted by atomic mass is 16.1. The van der Waals surface area contributed by atoms with Gasteiger partial charge in [0.05, 0.1) is 0 Å². The molecule has 0 bridgehead atoms. The van der Waals surface area contributed by atoms with Crippen molar-refractivity contribution in [2.24, 2.45) is 0 Å². The predicted molar refractivity (Wildman–Crippen MR) is 91.2 cm³/mol. The van der Waals surface area contributed by atoms with Crippen molar-refractivity contribution in [1.29, 1.82) is 0 Å². The second-order valence-corrected chi connectivity index (χ2v) is 5.42. The molecule has 0 saturated carbocycles. The maximum Gasteiger partial charge on any atom is 0.251 e. The van der Waals surface area contributed by atoms with E-state index >= 15 is 0 Å². The smallest absolute Gasteiger partial charge is 0.251 e. The fourth-order valence-corrected chi connectivity index (χ4v) is 2.77. The van der Waals surface area contributed by atoms with Crippen LogP contribution >= 0.6 is 0 Å². The SMILES string of the molecule is CNC(=O)c1ccccc1CCc1ccc2ccccc2c1. The van der Waals surface area contributed by atoms with Crippen molar-refractivity contribution >= 4 is 16.7 Å². The van der Waals surface area contributed by atoms with Gasteiger partial charge in [-0.15, -0.1) is 0 Å². The summed E-state index contributed by atoms with van der Waals surface area (Å²) in [5, 5.41) is 5.23. The molecule has 0 aliphatic heterocycles. The quantitative estimate of drug-likeness (QED) is 0.773. The van der Waals surface area contributed by atoms with Crippen LogP contribution in [0.2, 0.25) is 0 Å². The Kier molecular flexibility index (Phi) is 4.19. The summed E-state index contributed by atoms with van der Waals surface area (Å²) in [6, 6.07) is 22.8. The molecule has 0 atom stereocenters. The molecule has 0 aliphatic rings. The van der Waals surface area contributed by atoms with Crippen molar-refractivity contribution in [3.63, 3.8) is 0 Å². The van der Waals surface area contributed by atoms with Crippen LogP contribution in [0.3, 0.4) is 0 Å². The Labute approximate surface area is 130 Å². The minimum atomic E-state index is -0.0193. The van der Waals surface area contributed by atoms with Crippen LogP contribution in [0.4, 0.5) is 0 Å². The minimum Gasteiger partial charge on any atom is -0.355 e. The number of rotatable bonds is 4. The van der Waals surface area contributed by atoms with Crippen LogP contribution in [0.5, 0.6) is 0 Å². The second kappa shape index (κ2) is 6.44. The Balaban J connectivity index is 1.81. The van der Waals surface area contributed by atoms with E-state index in [1.54, 1.807) is 7.05 Å². The van der Waals surface area contributed by atoms with Crippen LogP contribution in [0.15, 0.2) is 66.7 Å². The van der Waals surface area contributed by atoms with Gasteiger partial charge in [-0.05, 0) is 40.8 Å². The van der Waals surface area contributed by atoms with Gasteiger partial charge in [0.1, 0.15) is 0 Å². The number of fused-ring (bicyclic) bond motifs is 1. The Morgan fingerprint density at radius 3 is 2.41 bits per heavy atom. The van der Waals surface area contributed by atoms with E-state index in [1.165, 1.54) is 16.3 Å². The van der Waals surface area contributed by atoms with Gasteiger partial charge in [0, 0.05) is 12.6 Å². The van der Waals surface area contributed by atoms with Crippen molar-refractivity contribution in [2.75, 3.05) is 7.05 Å². The van der Waals surface area contributed by atoms with Gasteiger partial charge in [0.15, 0.2) is 0 Å². The molecule has 0 spiro atoms. The zero-order chi connectivity index (χ0) is 15.4. The van der Waals surface area contributed by atoms with Gasteiger partial charge in [-0.1, -0.05) is 60.7 Å². The molecule has 3 aromatic rings. The summed E-state index contributed by atoms with van der Waals surface area (Å²) in [6.45, 7) is 0. The monoisotopic (exact) mass is 289 g/mol. The largest absolute Gasteiger partial charge is 0.355 e. The third-order valence-corrected chi connectivity index (χ3v) is 3.99. The van der Waals surface area contributed by atoms with Gasteiger partial charge >= 0.3 is 0 Å². The van der Waals surface area contributed by atoms with E-state index in [0.717, 1.165) is 24.0 Å². The van der Waals surface area contributed by atoms with E-state index in [2.05, 4.69) is 47.8 Å². The molecule has 22 heavy (non-hydrogen) atoms. The number of carbonyl (C=O) groups excluding carboxylic acids is 1. The van der Waals surface area contributed by atoms with Gasteiger partial charge in [-0.2, -0.15) is 0 Å². The third-order valence-electron chi connectivity index (χ3n) is 3.99. The molecule has 110 valence electrons. The first-order valence-corrected chi connectivity index (χ1v) is 7.55. The molecule has 0 aliphatic carbocycles. The molecule has 0 saturated heterocycles. The molecule has 1 amide bonds. The summed E-state index contributed by atoms with van der Waals surface area (Å²) >= 11 is 0. The highest BCUT2D eigenvalue weighted by molar-refractivity contribution is 5.95. The summed E-state index contributed by atoms with van der Waals surface area (Å²) in [6.07, 6.45) is 1.79. The lowest BCUT2D eigenvalue weighted by Gasteiger charge is -2.09. The average molecular weight is 289 g/mol. The molecule has 0 unspecified atom stereocenters. The lowest BCUT2D eigenvalue weighted by Crippen LogP contribution is -2.19. The third kappa shape index (κ3) is 3.01. The van der Waals surface area contributed by atoms with Gasteiger partial charge < -0.3 is 5.32 Å². The maximum absolute atomic E-state index is 11.9. The molecule has 0 aromatic heterocycles. The number of hydrogen-bond donors (Lipinski definition) is 1. The number of aryl methyl sites for hydroxylation is 2. The highest BCUT2D eigenvalue weighted by Gasteiger charge is 2.09. The number of nitrogens with one attached hydrogen (secondary N) is 1. The number of amides is 1. The van der Waals surface area contributed by atoms with E-state index in [0.29, 0.717) is 0 Å². The van der Waals surface area contributed by atoms with Crippen LogP contribution in [0, 0.1) is 0 Å². The zero-order valence-electron chi connectivity index (χ0n) is 12.7. The van der Waals surface area contributed by atoms with Crippen molar-refractivity contribution in [3.8, 4) is 0 Å². The summed E-state index contributed by atoms with van der Waals surface area (Å²) < 4.78 is 0. The van der Waals surface area contributed by atoms with E-state index in [-0.39, 0.29) is 5.91 Å². The van der Waals surface area contributed by atoms with Crippen LogP contribution in [0.25, 0.3) is 10.8 Å². The minimum absolute atomic E-state index is 0.0193. The first-order chi connectivity index (χ1) is 10.8. The number of hydrogen-bond acceptors (Lipinski definition) is 1. The molecule has 0 radical (unpaired) electrons. The molecule has 3 rings (SSSR count). The molecule has 0 fully saturated rings. The van der Waals surface area contributed by atoms with Crippen LogP contribution in [0.1, 0.15) is 21.5 Å². The van der Waals surface area contributed by atoms with E-state index in [9.17, 15) is 4.79 Å². The summed E-state index contributed by atoms with van der Waals surface area (Å²) in [5.74, 6) is -0.0193. The summed E-state index contributed by atoms with van der Waals surface area (Å²) in [4.78, 5) is 11.9. The molecule has 2 heteroatoms. The summed E-state index contributed by atoms with van der Waals surface area (Å²) in [5.41, 5.74) is 3.16. The maximum atomic E-state index is 11.9. The fourth-order valence-electron chi connectivity index (χ4n) is 2.77. The Morgan fingerprint density at radius 2 is 1.59 bits per heavy atom. The van der Waals surface area contributed by atoms with Gasteiger partial charge in [-0.25, -0.2) is 0 Å². The van der Waals surface area contributed by atoms with E-state index < -0.39 is 0 Å².